The lowest BCUT2D eigenvalue weighted by Gasteiger charge is -2.30. The van der Waals surface area contributed by atoms with E-state index in [0.717, 1.165) is 28.6 Å². The number of hydrogen-bond donors (Lipinski definition) is 0. The molecular formula is C16H19NO4. The van der Waals surface area contributed by atoms with Gasteiger partial charge in [0.2, 0.25) is 0 Å². The third-order valence-corrected chi connectivity index (χ3v) is 3.17. The lowest BCUT2D eigenvalue weighted by molar-refractivity contribution is -0.137. The zero-order chi connectivity index (χ0) is 15.4. The van der Waals surface area contributed by atoms with Crippen molar-refractivity contribution in [3.05, 3.63) is 35.4 Å². The number of amides is 1. The summed E-state index contributed by atoms with van der Waals surface area (Å²) >= 11 is 0. The van der Waals surface area contributed by atoms with Crippen molar-refractivity contribution in [2.24, 2.45) is 0 Å². The second kappa shape index (κ2) is 6.43. The molecule has 0 radical (unpaired) electrons. The van der Waals surface area contributed by atoms with Gasteiger partial charge in [-0.1, -0.05) is 6.07 Å². The number of nitrogens with zero attached hydrogens (tertiary/aromatic N) is 1. The average molecular weight is 289 g/mol. The van der Waals surface area contributed by atoms with Crippen molar-refractivity contribution in [3.8, 4) is 5.75 Å². The Morgan fingerprint density at radius 1 is 1.33 bits per heavy atom. The van der Waals surface area contributed by atoms with Gasteiger partial charge in [0.1, 0.15) is 12.4 Å². The molecule has 0 saturated carbocycles. The first kappa shape index (κ1) is 15.1. The molecule has 0 aromatic heterocycles. The van der Waals surface area contributed by atoms with E-state index in [0.29, 0.717) is 13.2 Å². The van der Waals surface area contributed by atoms with Crippen LogP contribution in [0.5, 0.6) is 5.75 Å². The van der Waals surface area contributed by atoms with Gasteiger partial charge in [-0.25, -0.2) is 4.79 Å². The number of esters is 1. The van der Waals surface area contributed by atoms with Gasteiger partial charge in [0.25, 0.3) is 5.91 Å². The van der Waals surface area contributed by atoms with Crippen LogP contribution in [0.15, 0.2) is 24.3 Å². The molecule has 0 unspecified atom stereocenters. The maximum Gasteiger partial charge on any atom is 0.330 e. The van der Waals surface area contributed by atoms with Crippen molar-refractivity contribution in [2.75, 3.05) is 24.7 Å². The van der Waals surface area contributed by atoms with Crippen molar-refractivity contribution in [2.45, 2.75) is 20.8 Å². The Morgan fingerprint density at radius 2 is 2.10 bits per heavy atom. The van der Waals surface area contributed by atoms with E-state index in [9.17, 15) is 9.59 Å². The summed E-state index contributed by atoms with van der Waals surface area (Å²) in [7, 11) is 0. The molecule has 1 aromatic rings. The molecule has 0 fully saturated rings. The van der Waals surface area contributed by atoms with E-state index in [4.69, 9.17) is 9.47 Å². The fourth-order valence-corrected chi connectivity index (χ4v) is 2.33. The van der Waals surface area contributed by atoms with Crippen molar-refractivity contribution in [1.82, 2.24) is 0 Å². The van der Waals surface area contributed by atoms with Crippen LogP contribution >= 0.6 is 0 Å². The van der Waals surface area contributed by atoms with Crippen LogP contribution in [0.1, 0.15) is 18.1 Å². The van der Waals surface area contributed by atoms with Gasteiger partial charge in [-0.2, -0.15) is 0 Å². The molecule has 5 heteroatoms. The number of rotatable bonds is 3. The molecule has 1 heterocycles. The molecule has 1 aliphatic heterocycles. The summed E-state index contributed by atoms with van der Waals surface area (Å²) in [6.45, 7) is 6.83. The number of fused-ring (bicyclic) bond motifs is 1. The molecule has 0 atom stereocenters. The van der Waals surface area contributed by atoms with Crippen molar-refractivity contribution < 1.29 is 19.1 Å². The number of carbonyl (C=O) groups excluding carboxylic acids is 2. The summed E-state index contributed by atoms with van der Waals surface area (Å²) in [6, 6.07) is 3.93. The third kappa shape index (κ3) is 3.42. The van der Waals surface area contributed by atoms with E-state index in [1.54, 1.807) is 11.8 Å². The van der Waals surface area contributed by atoms with Crippen LogP contribution in [0, 0.1) is 13.8 Å². The minimum Gasteiger partial charge on any atom is -0.489 e. The Hall–Kier alpha value is -2.30. The summed E-state index contributed by atoms with van der Waals surface area (Å²) in [4.78, 5) is 25.2. The highest BCUT2D eigenvalue weighted by atomic mass is 16.5. The summed E-state index contributed by atoms with van der Waals surface area (Å²) in [5.74, 6) is -0.0397. The Bertz CT molecular complexity index is 592. The van der Waals surface area contributed by atoms with Crippen LogP contribution in [0.2, 0.25) is 0 Å². The third-order valence-electron chi connectivity index (χ3n) is 3.17. The van der Waals surface area contributed by atoms with Gasteiger partial charge in [-0.05, 0) is 38.0 Å². The predicted octanol–water partition coefficient (Wildman–Crippen LogP) is 2.15. The highest BCUT2D eigenvalue weighted by Gasteiger charge is 2.24. The minimum atomic E-state index is -0.514. The fraction of sp³-hybridized carbons (Fsp3) is 0.375. The molecule has 112 valence electrons. The second-order valence-electron chi connectivity index (χ2n) is 4.85. The van der Waals surface area contributed by atoms with Gasteiger partial charge >= 0.3 is 5.97 Å². The van der Waals surface area contributed by atoms with E-state index in [2.05, 4.69) is 0 Å². The Balaban J connectivity index is 2.23. The van der Waals surface area contributed by atoms with Crippen LogP contribution in [0.4, 0.5) is 5.69 Å². The zero-order valence-electron chi connectivity index (χ0n) is 12.5. The standard InChI is InChI=1S/C16H19NO4/c1-4-20-15(19)6-5-14(18)17-7-8-21-16-12(3)9-11(2)10-13(16)17/h5-6,9-10H,4,7-8H2,1-3H3. The molecule has 2 rings (SSSR count). The van der Waals surface area contributed by atoms with E-state index >= 15 is 0 Å². The minimum absolute atomic E-state index is 0.252. The lowest BCUT2D eigenvalue weighted by atomic mass is 10.1. The molecule has 0 N–H and O–H groups in total. The number of benzene rings is 1. The van der Waals surface area contributed by atoms with Crippen LogP contribution < -0.4 is 9.64 Å². The van der Waals surface area contributed by atoms with E-state index in [1.165, 1.54) is 6.08 Å². The molecule has 0 spiro atoms. The van der Waals surface area contributed by atoms with Crippen LogP contribution in [-0.4, -0.2) is 31.6 Å². The quantitative estimate of drug-likeness (QED) is 0.632. The first-order valence-electron chi connectivity index (χ1n) is 6.93. The molecule has 21 heavy (non-hydrogen) atoms. The topological polar surface area (TPSA) is 55.8 Å². The van der Waals surface area contributed by atoms with Gasteiger partial charge in [-0.15, -0.1) is 0 Å². The number of anilines is 1. The largest absolute Gasteiger partial charge is 0.489 e. The summed E-state index contributed by atoms with van der Waals surface area (Å²) < 4.78 is 10.4. The first-order chi connectivity index (χ1) is 10.0. The number of aryl methyl sites for hydroxylation is 2. The molecule has 1 amide bonds. The average Bonchev–Trinajstić information content (AvgIpc) is 2.44. The van der Waals surface area contributed by atoms with E-state index < -0.39 is 5.97 Å². The highest BCUT2D eigenvalue weighted by Crippen LogP contribution is 2.35. The van der Waals surface area contributed by atoms with Crippen LogP contribution in [0.3, 0.4) is 0 Å². The zero-order valence-corrected chi connectivity index (χ0v) is 12.5. The Labute approximate surface area is 124 Å². The molecular weight excluding hydrogens is 270 g/mol. The van der Waals surface area contributed by atoms with Crippen molar-refractivity contribution in [1.29, 1.82) is 0 Å². The van der Waals surface area contributed by atoms with Gasteiger partial charge in [0.15, 0.2) is 0 Å². The predicted molar refractivity (Wildman–Crippen MR) is 79.5 cm³/mol. The van der Waals surface area contributed by atoms with Gasteiger partial charge < -0.3 is 14.4 Å². The van der Waals surface area contributed by atoms with Crippen LogP contribution in [-0.2, 0) is 14.3 Å². The van der Waals surface area contributed by atoms with E-state index in [1.807, 2.05) is 26.0 Å². The molecule has 1 aliphatic rings. The normalized spacial score (nSPS) is 13.8. The summed E-state index contributed by atoms with van der Waals surface area (Å²) in [5.41, 5.74) is 2.80. The Kier molecular flexibility index (Phi) is 4.62. The summed E-state index contributed by atoms with van der Waals surface area (Å²) in [5, 5.41) is 0. The van der Waals surface area contributed by atoms with E-state index in [-0.39, 0.29) is 12.5 Å². The first-order valence-corrected chi connectivity index (χ1v) is 6.93. The van der Waals surface area contributed by atoms with Gasteiger partial charge in [0.05, 0.1) is 18.8 Å². The fourth-order valence-electron chi connectivity index (χ4n) is 2.33. The highest BCUT2D eigenvalue weighted by molar-refractivity contribution is 6.05. The molecule has 5 nitrogen and oxygen atoms in total. The molecule has 0 saturated heterocycles. The second-order valence-corrected chi connectivity index (χ2v) is 4.85. The smallest absolute Gasteiger partial charge is 0.330 e. The SMILES string of the molecule is CCOC(=O)C=CC(=O)N1CCOc2c(C)cc(C)cc21. The van der Waals surface area contributed by atoms with Crippen molar-refractivity contribution >= 4 is 17.6 Å². The lowest BCUT2D eigenvalue weighted by Crippen LogP contribution is -2.37. The number of hydrogen-bond acceptors (Lipinski definition) is 4. The molecule has 0 bridgehead atoms. The van der Waals surface area contributed by atoms with Crippen molar-refractivity contribution in [3.63, 3.8) is 0 Å². The maximum atomic E-state index is 12.3. The summed E-state index contributed by atoms with van der Waals surface area (Å²) in [6.07, 6.45) is 2.40. The van der Waals surface area contributed by atoms with Gasteiger partial charge in [-0.3, -0.25) is 4.79 Å². The van der Waals surface area contributed by atoms with Gasteiger partial charge in [0, 0.05) is 12.2 Å². The number of carbonyl (C=O) groups is 2. The van der Waals surface area contributed by atoms with Crippen LogP contribution in [0.25, 0.3) is 0 Å². The maximum absolute atomic E-state index is 12.3. The molecule has 0 aliphatic carbocycles. The monoisotopic (exact) mass is 289 g/mol. The number of ether oxygens (including phenoxy) is 2. The molecule has 1 aromatic carbocycles. The Morgan fingerprint density at radius 3 is 2.81 bits per heavy atom.